The number of para-hydroxylation sites is 1. The number of hydrogen-bond acceptors (Lipinski definition) is 7. The van der Waals surface area contributed by atoms with Gasteiger partial charge in [-0.1, -0.05) is 0 Å². The molecule has 1 fully saturated rings. The number of anilines is 2. The first-order chi connectivity index (χ1) is 18.8. The van der Waals surface area contributed by atoms with Gasteiger partial charge in [-0.25, -0.2) is 0 Å². The van der Waals surface area contributed by atoms with Crippen LogP contribution >= 0.6 is 0 Å². The van der Waals surface area contributed by atoms with E-state index in [2.05, 4.69) is 20.6 Å². The van der Waals surface area contributed by atoms with Crippen molar-refractivity contribution in [3.8, 4) is 22.8 Å². The van der Waals surface area contributed by atoms with Crippen LogP contribution in [0.25, 0.3) is 11.3 Å². The maximum absolute atomic E-state index is 14.6. The van der Waals surface area contributed by atoms with Gasteiger partial charge in [0.2, 0.25) is 0 Å². The molecule has 5 heterocycles. The number of rotatable bonds is 3. The zero-order valence-corrected chi connectivity index (χ0v) is 23.6. The zero-order chi connectivity index (χ0) is 27.1. The average molecular weight is 648 g/mol. The van der Waals surface area contributed by atoms with Gasteiger partial charge in [0.25, 0.3) is 0 Å². The average Bonchev–Trinajstić information content (AvgIpc) is 3.28. The van der Waals surface area contributed by atoms with Crippen LogP contribution in [0.2, 0.25) is 0 Å². The molecule has 3 aliphatic rings. The van der Waals surface area contributed by atoms with E-state index in [1.54, 1.807) is 29.4 Å². The molecule has 0 aliphatic carbocycles. The number of fused-ring (bicyclic) bond motifs is 6. The summed E-state index contributed by atoms with van der Waals surface area (Å²) in [4.78, 5) is 36.0. The molecule has 2 aromatic heterocycles. The Morgan fingerprint density at radius 1 is 1.31 bits per heavy atom. The Hall–Kier alpha value is -3.55. The number of amides is 2. The predicted molar refractivity (Wildman–Crippen MR) is 136 cm³/mol. The number of piperidine rings is 1. The van der Waals surface area contributed by atoms with Crippen molar-refractivity contribution in [3.63, 3.8) is 0 Å². The second-order valence-corrected chi connectivity index (χ2v) is 13.3. The first-order valence-corrected chi connectivity index (χ1v) is 14.7. The first-order valence-electron chi connectivity index (χ1n) is 12.7. The van der Waals surface area contributed by atoms with E-state index >= 15 is 0 Å². The molecule has 0 saturated carbocycles. The topological polar surface area (TPSA) is 118 Å². The molecule has 1 aromatic carbocycles. The number of nitrogens with one attached hydrogen (secondary N) is 3. The van der Waals surface area contributed by atoms with Crippen molar-refractivity contribution in [2.24, 2.45) is 5.92 Å². The number of aromatic amines is 1. The number of hydrogen-bond donors (Lipinski definition) is 3. The van der Waals surface area contributed by atoms with Crippen LogP contribution in [0.4, 0.5) is 20.6 Å². The predicted octanol–water partition coefficient (Wildman–Crippen LogP) is 1.22. The van der Waals surface area contributed by atoms with E-state index in [9.17, 15) is 14.0 Å². The second kappa shape index (κ2) is 10.2. The van der Waals surface area contributed by atoms with E-state index in [4.69, 9.17) is 12.5 Å². The number of halogens is 2. The SMILES string of the molecule is COc1c(F)cccc1Nc1c2[nH]c3c1C(=O)NC(C)(C3)[I-]OC(=O)N1CCCC(COc3cnccc3-2)C1. The molecule has 3 aromatic rings. The number of H-pyrrole nitrogens is 1. The molecule has 39 heavy (non-hydrogen) atoms. The van der Waals surface area contributed by atoms with Gasteiger partial charge in [0.15, 0.2) is 0 Å². The summed E-state index contributed by atoms with van der Waals surface area (Å²) in [5.74, 6) is -0.133. The molecular weight excluding hydrogens is 620 g/mol. The molecule has 12 heteroatoms. The Kier molecular flexibility index (Phi) is 6.73. The Bertz CT molecular complexity index is 1450. The molecule has 2 amide bonds. The second-order valence-electron chi connectivity index (χ2n) is 10.1. The van der Waals surface area contributed by atoms with Gasteiger partial charge in [0.1, 0.15) is 0 Å². The van der Waals surface area contributed by atoms with Crippen LogP contribution in [-0.4, -0.2) is 57.2 Å². The van der Waals surface area contributed by atoms with Crippen molar-refractivity contribution in [2.75, 3.05) is 32.1 Å². The zero-order valence-electron chi connectivity index (χ0n) is 21.5. The van der Waals surface area contributed by atoms with Crippen LogP contribution in [0, 0.1) is 11.7 Å². The van der Waals surface area contributed by atoms with Gasteiger partial charge < -0.3 is 0 Å². The van der Waals surface area contributed by atoms with Crippen molar-refractivity contribution in [2.45, 2.75) is 29.7 Å². The molecule has 3 aliphatic heterocycles. The molecule has 1 saturated heterocycles. The van der Waals surface area contributed by atoms with Gasteiger partial charge in [-0.3, -0.25) is 0 Å². The Labute approximate surface area is 235 Å². The van der Waals surface area contributed by atoms with Crippen molar-refractivity contribution < 1.29 is 48.1 Å². The van der Waals surface area contributed by atoms with Crippen LogP contribution in [0.1, 0.15) is 35.8 Å². The monoisotopic (exact) mass is 648 g/mol. The minimum atomic E-state index is -1.20. The summed E-state index contributed by atoms with van der Waals surface area (Å²) in [5.41, 5.74) is 3.24. The number of carbonyl (C=O) groups is 2. The summed E-state index contributed by atoms with van der Waals surface area (Å²) in [6, 6.07) is 6.39. The van der Waals surface area contributed by atoms with E-state index < -0.39 is 31.0 Å². The third-order valence-electron chi connectivity index (χ3n) is 7.20. The number of ether oxygens (including phenoxy) is 2. The summed E-state index contributed by atoms with van der Waals surface area (Å²) in [7, 11) is 1.39. The molecule has 2 atom stereocenters. The van der Waals surface area contributed by atoms with Crippen molar-refractivity contribution in [1.82, 2.24) is 20.2 Å². The minimum absolute atomic E-state index is 0.0347. The fourth-order valence-corrected chi connectivity index (χ4v) is 7.22. The number of carbonyl (C=O) groups excluding carboxylic acids is 2. The van der Waals surface area contributed by atoms with Gasteiger partial charge in [0.05, 0.1) is 0 Å². The van der Waals surface area contributed by atoms with Gasteiger partial charge >= 0.3 is 236 Å². The number of nitrogens with zero attached hydrogens (tertiary/aromatic N) is 2. The molecule has 10 nitrogen and oxygen atoms in total. The number of alkyl halides is 1. The fourth-order valence-electron chi connectivity index (χ4n) is 5.38. The van der Waals surface area contributed by atoms with Crippen molar-refractivity contribution in [3.05, 3.63) is 53.7 Å². The number of aromatic nitrogens is 2. The van der Waals surface area contributed by atoms with Crippen molar-refractivity contribution in [1.29, 1.82) is 0 Å². The Morgan fingerprint density at radius 3 is 3.03 bits per heavy atom. The standard InChI is InChI=1S/C27H28FIN5O5/c1-27-11-19-21(25(35)33-27)23(31-18-7-3-6-17(28)24(18)37-2)22(32-19)16-8-9-30-12-20(16)38-14-15-5-4-10-34(13-15)26(36)39-29-27/h3,6-9,12,15,31-32H,4-5,10-11,13-14H2,1-2H3,(H,33,35)/q-1. The quantitative estimate of drug-likeness (QED) is 0.222. The third kappa shape index (κ3) is 4.85. The molecular formula is C27H28FIN5O5-. The molecule has 206 valence electrons. The molecule has 6 rings (SSSR count). The van der Waals surface area contributed by atoms with Gasteiger partial charge in [-0.05, 0) is 0 Å². The van der Waals surface area contributed by atoms with E-state index in [1.807, 2.05) is 13.0 Å². The van der Waals surface area contributed by atoms with Crippen LogP contribution in [0.3, 0.4) is 0 Å². The maximum atomic E-state index is 14.6. The van der Waals surface area contributed by atoms with Gasteiger partial charge in [0, 0.05) is 0 Å². The number of pyridine rings is 1. The van der Waals surface area contributed by atoms with Crippen LogP contribution < -0.4 is 41.7 Å². The summed E-state index contributed by atoms with van der Waals surface area (Å²) in [6.07, 6.45) is 5.18. The van der Waals surface area contributed by atoms with Crippen LogP contribution in [-0.2, 0) is 9.49 Å². The molecule has 0 spiro atoms. The van der Waals surface area contributed by atoms with Crippen molar-refractivity contribution >= 4 is 23.4 Å². The molecule has 5 bridgehead atoms. The number of benzene rings is 1. The van der Waals surface area contributed by atoms with Gasteiger partial charge in [-0.2, -0.15) is 0 Å². The summed E-state index contributed by atoms with van der Waals surface area (Å²) >= 11 is -1.20. The first kappa shape index (κ1) is 25.7. The fraction of sp³-hybridized carbons (Fsp3) is 0.370. The Morgan fingerprint density at radius 2 is 2.18 bits per heavy atom. The van der Waals surface area contributed by atoms with Crippen LogP contribution in [0.15, 0.2) is 36.7 Å². The van der Waals surface area contributed by atoms with E-state index in [0.717, 1.165) is 12.8 Å². The summed E-state index contributed by atoms with van der Waals surface area (Å²) in [5, 5.41) is 6.34. The normalized spacial score (nSPS) is 22.7. The Balaban J connectivity index is 1.50. The molecule has 3 N–H and O–H groups in total. The van der Waals surface area contributed by atoms with E-state index in [0.29, 0.717) is 65.8 Å². The van der Waals surface area contributed by atoms with E-state index in [1.165, 1.54) is 13.2 Å². The summed E-state index contributed by atoms with van der Waals surface area (Å²) < 4.78 is 31.3. The third-order valence-corrected chi connectivity index (χ3v) is 9.42. The van der Waals surface area contributed by atoms with E-state index in [-0.39, 0.29) is 23.7 Å². The van der Waals surface area contributed by atoms with Gasteiger partial charge in [-0.15, -0.1) is 0 Å². The summed E-state index contributed by atoms with van der Waals surface area (Å²) in [6.45, 7) is 3.48. The molecule has 2 unspecified atom stereocenters. The molecule has 0 radical (unpaired) electrons. The van der Waals surface area contributed by atoms with Crippen LogP contribution in [0.5, 0.6) is 11.5 Å². The number of methoxy groups -OCH3 is 1.